The summed E-state index contributed by atoms with van der Waals surface area (Å²) in [6.07, 6.45) is 0.595. The third-order valence-corrected chi connectivity index (χ3v) is 6.57. The first-order chi connectivity index (χ1) is 13.0. The van der Waals surface area contributed by atoms with E-state index in [1.165, 1.54) is 17.0 Å². The van der Waals surface area contributed by atoms with E-state index >= 15 is 0 Å². The number of aromatic nitrogens is 2. The number of aryl methyl sites for hydroxylation is 1. The Morgan fingerprint density at radius 2 is 2.07 bits per heavy atom. The smallest absolute Gasteiger partial charge is 0.265 e. The van der Waals surface area contributed by atoms with Gasteiger partial charge < -0.3 is 9.26 Å². The number of hydrogen-bond acceptors (Lipinski definition) is 7. The molecule has 1 aromatic heterocycles. The van der Waals surface area contributed by atoms with E-state index in [0.29, 0.717) is 23.8 Å². The highest BCUT2D eigenvalue weighted by Gasteiger charge is 2.32. The van der Waals surface area contributed by atoms with Crippen LogP contribution in [0.2, 0.25) is 5.02 Å². The second-order valence-corrected chi connectivity index (χ2v) is 9.15. The Morgan fingerprint density at radius 1 is 1.36 bits per heavy atom. The van der Waals surface area contributed by atoms with E-state index in [1.807, 2.05) is 6.92 Å². The van der Waals surface area contributed by atoms with E-state index in [-0.39, 0.29) is 34.7 Å². The minimum Gasteiger partial charge on any atom is -0.482 e. The molecule has 0 radical (unpaired) electrons. The fraction of sp³-hybridized carbons (Fsp3) is 0.471. The van der Waals surface area contributed by atoms with Gasteiger partial charge in [-0.2, -0.15) is 4.98 Å². The van der Waals surface area contributed by atoms with Crippen LogP contribution in [0.4, 0.5) is 5.69 Å². The Kier molecular flexibility index (Phi) is 5.39. The van der Waals surface area contributed by atoms with Crippen LogP contribution < -0.4 is 14.4 Å². The Morgan fingerprint density at radius 3 is 2.68 bits per heavy atom. The van der Waals surface area contributed by atoms with Crippen molar-refractivity contribution in [2.75, 3.05) is 11.5 Å². The number of hydrogen-bond donors (Lipinski definition) is 1. The molecular formula is C17H21ClN4O5S. The zero-order chi connectivity index (χ0) is 20.7. The van der Waals surface area contributed by atoms with Gasteiger partial charge in [-0.1, -0.05) is 23.7 Å². The van der Waals surface area contributed by atoms with Crippen LogP contribution in [0.15, 0.2) is 21.6 Å². The average Bonchev–Trinajstić information content (AvgIpc) is 3.01. The first-order valence-electron chi connectivity index (χ1n) is 8.62. The number of benzene rings is 1. The lowest BCUT2D eigenvalue weighted by Gasteiger charge is -2.30. The van der Waals surface area contributed by atoms with E-state index in [2.05, 4.69) is 14.9 Å². The number of anilines is 1. The van der Waals surface area contributed by atoms with E-state index < -0.39 is 15.6 Å². The largest absolute Gasteiger partial charge is 0.482 e. The molecule has 1 amide bonds. The molecule has 1 aliphatic heterocycles. The fourth-order valence-electron chi connectivity index (χ4n) is 2.62. The fourth-order valence-corrected chi connectivity index (χ4v) is 4.64. The monoisotopic (exact) mass is 428 g/mol. The molecule has 11 heteroatoms. The highest BCUT2D eigenvalue weighted by atomic mass is 35.5. The highest BCUT2D eigenvalue weighted by molar-refractivity contribution is 7.89. The maximum absolute atomic E-state index is 12.8. The van der Waals surface area contributed by atoms with Gasteiger partial charge in [0.1, 0.15) is 10.6 Å². The van der Waals surface area contributed by atoms with E-state index in [4.69, 9.17) is 20.9 Å². The van der Waals surface area contributed by atoms with Gasteiger partial charge >= 0.3 is 0 Å². The summed E-state index contributed by atoms with van der Waals surface area (Å²) in [6.45, 7) is 6.89. The van der Waals surface area contributed by atoms with Gasteiger partial charge in [-0.15, -0.1) is 0 Å². The summed E-state index contributed by atoms with van der Waals surface area (Å²) in [5.74, 6) is 0.601. The minimum atomic E-state index is -3.89. The lowest BCUT2D eigenvalue weighted by atomic mass is 10.0. The summed E-state index contributed by atoms with van der Waals surface area (Å²) in [6, 6.07) is 2.72. The van der Waals surface area contributed by atoms with Crippen LogP contribution in [0.5, 0.6) is 5.75 Å². The molecule has 3 rings (SSSR count). The quantitative estimate of drug-likeness (QED) is 0.751. The summed E-state index contributed by atoms with van der Waals surface area (Å²) < 4.78 is 38.6. The number of sulfonamides is 1. The van der Waals surface area contributed by atoms with Crippen LogP contribution >= 0.6 is 11.6 Å². The molecule has 0 saturated heterocycles. The second-order valence-electron chi connectivity index (χ2n) is 7.09. The second kappa shape index (κ2) is 7.34. The van der Waals surface area contributed by atoms with Gasteiger partial charge in [0, 0.05) is 18.5 Å². The molecule has 0 saturated carbocycles. The Hall–Kier alpha value is -2.17. The maximum Gasteiger partial charge on any atom is 0.265 e. The number of ether oxygens (including phenoxy) is 1. The molecule has 2 aromatic rings. The van der Waals surface area contributed by atoms with Crippen molar-refractivity contribution >= 4 is 33.2 Å². The van der Waals surface area contributed by atoms with Crippen molar-refractivity contribution in [3.05, 3.63) is 28.9 Å². The van der Waals surface area contributed by atoms with Gasteiger partial charge in [0.25, 0.3) is 5.91 Å². The van der Waals surface area contributed by atoms with Crippen LogP contribution in [0.3, 0.4) is 0 Å². The van der Waals surface area contributed by atoms with Crippen molar-refractivity contribution in [3.63, 3.8) is 0 Å². The average molecular weight is 429 g/mol. The third kappa shape index (κ3) is 4.13. The number of fused-ring (bicyclic) bond motifs is 1. The normalized spacial score (nSPS) is 14.8. The molecule has 2 heterocycles. The van der Waals surface area contributed by atoms with Crippen molar-refractivity contribution in [1.82, 2.24) is 14.9 Å². The molecular weight excluding hydrogens is 408 g/mol. The molecule has 0 bridgehead atoms. The molecule has 1 aliphatic rings. The number of halogens is 1. The highest BCUT2D eigenvalue weighted by Crippen LogP contribution is 2.39. The molecule has 0 spiro atoms. The standard InChI is InChI=1S/C17H21ClN4O5S/c1-5-17(3,4)21-28(24,25)14-7-13-12(6-11(14)18)22(16(23)9-26-13)8-15-19-10(2)27-20-15/h6-7,21H,5,8-9H2,1-4H3. The molecule has 0 atom stereocenters. The van der Waals surface area contributed by atoms with Crippen LogP contribution in [0, 0.1) is 6.92 Å². The van der Waals surface area contributed by atoms with Gasteiger partial charge in [-0.3, -0.25) is 9.69 Å². The van der Waals surface area contributed by atoms with Gasteiger partial charge in [-0.25, -0.2) is 13.1 Å². The molecule has 0 aliphatic carbocycles. The Bertz CT molecular complexity index is 1020. The maximum atomic E-state index is 12.8. The number of carbonyl (C=O) groups is 1. The van der Waals surface area contributed by atoms with Gasteiger partial charge in [0.05, 0.1) is 17.3 Å². The Balaban J connectivity index is 1.99. The number of nitrogens with zero attached hydrogens (tertiary/aromatic N) is 3. The summed E-state index contributed by atoms with van der Waals surface area (Å²) in [5, 5.41) is 3.76. The first-order valence-corrected chi connectivity index (χ1v) is 10.5. The summed E-state index contributed by atoms with van der Waals surface area (Å²) in [4.78, 5) is 17.7. The zero-order valence-corrected chi connectivity index (χ0v) is 17.5. The predicted molar refractivity (Wildman–Crippen MR) is 102 cm³/mol. The third-order valence-electron chi connectivity index (χ3n) is 4.41. The van der Waals surface area contributed by atoms with Crippen molar-refractivity contribution < 1.29 is 22.5 Å². The molecule has 28 heavy (non-hydrogen) atoms. The molecule has 152 valence electrons. The van der Waals surface area contributed by atoms with Gasteiger partial charge in [0.15, 0.2) is 12.4 Å². The van der Waals surface area contributed by atoms with Crippen LogP contribution in [0.25, 0.3) is 0 Å². The number of amides is 1. The van der Waals surface area contributed by atoms with Gasteiger partial charge in [0.2, 0.25) is 15.9 Å². The van der Waals surface area contributed by atoms with Gasteiger partial charge in [-0.05, 0) is 26.3 Å². The topological polar surface area (TPSA) is 115 Å². The van der Waals surface area contributed by atoms with Crippen LogP contribution in [-0.2, 0) is 21.4 Å². The molecule has 1 aromatic carbocycles. The van der Waals surface area contributed by atoms with Crippen LogP contribution in [0.1, 0.15) is 38.9 Å². The zero-order valence-electron chi connectivity index (χ0n) is 15.9. The lowest BCUT2D eigenvalue weighted by molar-refractivity contribution is -0.121. The van der Waals surface area contributed by atoms with E-state index in [0.717, 1.165) is 0 Å². The molecule has 0 unspecified atom stereocenters. The van der Waals surface area contributed by atoms with Crippen molar-refractivity contribution in [1.29, 1.82) is 0 Å². The van der Waals surface area contributed by atoms with E-state index in [1.54, 1.807) is 20.8 Å². The molecule has 0 fully saturated rings. The predicted octanol–water partition coefficient (Wildman–Crippen LogP) is 2.42. The summed E-state index contributed by atoms with van der Waals surface area (Å²) in [7, 11) is -3.89. The van der Waals surface area contributed by atoms with Crippen molar-refractivity contribution in [2.24, 2.45) is 0 Å². The number of rotatable bonds is 6. The van der Waals surface area contributed by atoms with E-state index in [9.17, 15) is 13.2 Å². The summed E-state index contributed by atoms with van der Waals surface area (Å²) in [5.41, 5.74) is -0.297. The lowest BCUT2D eigenvalue weighted by Crippen LogP contribution is -2.43. The SMILES string of the molecule is CCC(C)(C)NS(=O)(=O)c1cc2c(cc1Cl)N(Cc1noc(C)n1)C(=O)CO2. The first kappa shape index (κ1) is 20.6. The molecule has 1 N–H and O–H groups in total. The Labute approximate surface area is 168 Å². The number of carbonyl (C=O) groups excluding carboxylic acids is 1. The van der Waals surface area contributed by atoms with Crippen LogP contribution in [-0.4, -0.2) is 36.6 Å². The summed E-state index contributed by atoms with van der Waals surface area (Å²) >= 11 is 6.28. The van der Waals surface area contributed by atoms with Crippen molar-refractivity contribution in [3.8, 4) is 5.75 Å². The minimum absolute atomic E-state index is 0.0225. The molecule has 9 nitrogen and oxygen atoms in total. The number of nitrogens with one attached hydrogen (secondary N) is 1. The van der Waals surface area contributed by atoms with Crippen molar-refractivity contribution in [2.45, 2.75) is 51.1 Å².